The normalized spacial score (nSPS) is 20.8. The van der Waals surface area contributed by atoms with Crippen LogP contribution in [0.25, 0.3) is 11.6 Å². The second-order valence-corrected chi connectivity index (χ2v) is 8.19. The van der Waals surface area contributed by atoms with Gasteiger partial charge >= 0.3 is 0 Å². The predicted octanol–water partition coefficient (Wildman–Crippen LogP) is 1.73. The van der Waals surface area contributed by atoms with Gasteiger partial charge in [0.2, 0.25) is 0 Å². The Morgan fingerprint density at radius 2 is 2.16 bits per heavy atom. The summed E-state index contributed by atoms with van der Waals surface area (Å²) in [6, 6.07) is 6.07. The number of likely N-dealkylation sites (tertiary alicyclic amines) is 1. The minimum atomic E-state index is 0.445. The van der Waals surface area contributed by atoms with Gasteiger partial charge in [0.1, 0.15) is 5.69 Å². The van der Waals surface area contributed by atoms with Gasteiger partial charge in [-0.1, -0.05) is 11.2 Å². The summed E-state index contributed by atoms with van der Waals surface area (Å²) in [6.07, 6.45) is 5.81. The number of hydrogen-bond acceptors (Lipinski definition) is 7. The van der Waals surface area contributed by atoms with Crippen molar-refractivity contribution in [1.82, 2.24) is 30.7 Å². The molecule has 4 heterocycles. The number of aromatic nitrogens is 3. The molecule has 2 N–H and O–H groups in total. The predicted molar refractivity (Wildman–Crippen MR) is 119 cm³/mol. The van der Waals surface area contributed by atoms with Crippen LogP contribution in [0.2, 0.25) is 0 Å². The van der Waals surface area contributed by atoms with Crippen molar-refractivity contribution in [2.75, 3.05) is 45.9 Å². The molecule has 2 aliphatic rings. The van der Waals surface area contributed by atoms with Crippen LogP contribution < -0.4 is 10.6 Å². The van der Waals surface area contributed by atoms with E-state index in [9.17, 15) is 0 Å². The van der Waals surface area contributed by atoms with Gasteiger partial charge < -0.3 is 24.8 Å². The molecule has 2 aliphatic heterocycles. The first kappa shape index (κ1) is 21.7. The molecule has 0 aromatic carbocycles. The molecule has 4 rings (SSSR count). The van der Waals surface area contributed by atoms with Crippen LogP contribution in [0.1, 0.15) is 32.0 Å². The summed E-state index contributed by atoms with van der Waals surface area (Å²) in [7, 11) is 0. The lowest BCUT2D eigenvalue weighted by atomic mass is 10.0. The van der Waals surface area contributed by atoms with E-state index in [0.29, 0.717) is 42.3 Å². The van der Waals surface area contributed by atoms with Gasteiger partial charge in [0.25, 0.3) is 5.89 Å². The zero-order valence-electron chi connectivity index (χ0n) is 18.3. The average molecular weight is 428 g/mol. The first-order valence-corrected chi connectivity index (χ1v) is 11.4. The Hall–Kier alpha value is -2.52. The maximum atomic E-state index is 5.51. The highest BCUT2D eigenvalue weighted by molar-refractivity contribution is 5.80. The van der Waals surface area contributed by atoms with Crippen LogP contribution in [0.15, 0.2) is 33.9 Å². The number of ether oxygens (including phenoxy) is 1. The molecule has 31 heavy (non-hydrogen) atoms. The third-order valence-electron chi connectivity index (χ3n) is 5.77. The molecule has 2 aromatic rings. The Kier molecular flexibility index (Phi) is 7.84. The fourth-order valence-corrected chi connectivity index (χ4v) is 4.08. The van der Waals surface area contributed by atoms with E-state index in [-0.39, 0.29) is 0 Å². The van der Waals surface area contributed by atoms with Crippen molar-refractivity contribution in [3.05, 3.63) is 30.2 Å². The van der Waals surface area contributed by atoms with Gasteiger partial charge in [0.05, 0.1) is 6.61 Å². The molecular formula is C22H33N7O2. The van der Waals surface area contributed by atoms with Crippen molar-refractivity contribution in [3.63, 3.8) is 0 Å². The molecule has 0 spiro atoms. The van der Waals surface area contributed by atoms with E-state index >= 15 is 0 Å². The van der Waals surface area contributed by atoms with Crippen LogP contribution in [0, 0.1) is 5.92 Å². The van der Waals surface area contributed by atoms with Crippen LogP contribution in [-0.2, 0) is 11.2 Å². The van der Waals surface area contributed by atoms with Gasteiger partial charge in [-0.2, -0.15) is 4.98 Å². The molecule has 0 radical (unpaired) electrons. The highest BCUT2D eigenvalue weighted by Gasteiger charge is 2.24. The summed E-state index contributed by atoms with van der Waals surface area (Å²) >= 11 is 0. The summed E-state index contributed by atoms with van der Waals surface area (Å²) in [6.45, 7) is 8.81. The third kappa shape index (κ3) is 6.48. The highest BCUT2D eigenvalue weighted by Crippen LogP contribution is 2.18. The van der Waals surface area contributed by atoms with Crippen molar-refractivity contribution in [2.24, 2.45) is 10.9 Å². The Balaban J connectivity index is 1.23. The van der Waals surface area contributed by atoms with Crippen LogP contribution in [-0.4, -0.2) is 78.0 Å². The molecule has 2 saturated heterocycles. The standard InChI is InChI=1S/C22H33N7O2/c1-2-23-22(26-18-7-12-29(13-8-18)15-17-9-14-30-16-17)25-11-6-20-27-21(31-28-20)19-5-3-4-10-24-19/h3-5,10,17-18H,2,6-9,11-16H2,1H3,(H2,23,25,26). The molecule has 1 unspecified atom stereocenters. The van der Waals surface area contributed by atoms with Crippen molar-refractivity contribution < 1.29 is 9.26 Å². The van der Waals surface area contributed by atoms with E-state index in [4.69, 9.17) is 14.3 Å². The van der Waals surface area contributed by atoms with Crippen molar-refractivity contribution in [2.45, 2.75) is 38.6 Å². The maximum Gasteiger partial charge on any atom is 0.276 e. The molecule has 2 aromatic heterocycles. The van der Waals surface area contributed by atoms with Crippen LogP contribution in [0.5, 0.6) is 0 Å². The molecule has 9 heteroatoms. The average Bonchev–Trinajstić information content (AvgIpc) is 3.48. The highest BCUT2D eigenvalue weighted by atomic mass is 16.5. The molecule has 1 atom stereocenters. The fourth-order valence-electron chi connectivity index (χ4n) is 4.08. The Morgan fingerprint density at radius 1 is 1.26 bits per heavy atom. The Labute approximate surface area is 183 Å². The molecule has 0 amide bonds. The van der Waals surface area contributed by atoms with Crippen LogP contribution in [0.3, 0.4) is 0 Å². The molecular weight excluding hydrogens is 394 g/mol. The fraction of sp³-hybridized carbons (Fsp3) is 0.636. The van der Waals surface area contributed by atoms with Crippen molar-refractivity contribution >= 4 is 5.96 Å². The molecule has 168 valence electrons. The summed E-state index contributed by atoms with van der Waals surface area (Å²) < 4.78 is 10.8. The number of pyridine rings is 1. The second kappa shape index (κ2) is 11.2. The number of piperidine rings is 1. The SMILES string of the molecule is CCNC(=NCCc1noc(-c2ccccn2)n1)NC1CCN(CC2CCOC2)CC1. The number of rotatable bonds is 8. The minimum absolute atomic E-state index is 0.445. The van der Waals surface area contributed by atoms with E-state index < -0.39 is 0 Å². The second-order valence-electron chi connectivity index (χ2n) is 8.19. The van der Waals surface area contributed by atoms with Crippen molar-refractivity contribution in [3.8, 4) is 11.6 Å². The number of nitrogens with zero attached hydrogens (tertiary/aromatic N) is 5. The van der Waals surface area contributed by atoms with Gasteiger partial charge in [-0.05, 0) is 44.2 Å². The maximum absolute atomic E-state index is 5.51. The Morgan fingerprint density at radius 3 is 2.90 bits per heavy atom. The molecule has 0 aliphatic carbocycles. The number of hydrogen-bond donors (Lipinski definition) is 2. The topological polar surface area (TPSA) is 101 Å². The first-order chi connectivity index (χ1) is 15.3. The van der Waals surface area contributed by atoms with Gasteiger partial charge in [0.15, 0.2) is 11.8 Å². The van der Waals surface area contributed by atoms with Gasteiger partial charge in [-0.25, -0.2) is 0 Å². The summed E-state index contributed by atoms with van der Waals surface area (Å²) in [4.78, 5) is 16.0. The molecule has 2 fully saturated rings. The third-order valence-corrected chi connectivity index (χ3v) is 5.77. The van der Waals surface area contributed by atoms with Gasteiger partial charge in [0, 0.05) is 58.0 Å². The Bertz CT molecular complexity index is 812. The number of aliphatic imine (C=N–C) groups is 1. The lowest BCUT2D eigenvalue weighted by Gasteiger charge is -2.34. The minimum Gasteiger partial charge on any atom is -0.381 e. The largest absolute Gasteiger partial charge is 0.381 e. The van der Waals surface area contributed by atoms with E-state index in [1.54, 1.807) is 6.20 Å². The molecule has 0 saturated carbocycles. The van der Waals surface area contributed by atoms with E-state index in [1.165, 1.54) is 13.0 Å². The quantitative estimate of drug-likeness (QED) is 0.485. The summed E-state index contributed by atoms with van der Waals surface area (Å²) in [5, 5.41) is 11.0. The lowest BCUT2D eigenvalue weighted by Crippen LogP contribution is -2.49. The molecule has 0 bridgehead atoms. The van der Waals surface area contributed by atoms with Crippen molar-refractivity contribution in [1.29, 1.82) is 0 Å². The monoisotopic (exact) mass is 427 g/mol. The van der Waals surface area contributed by atoms with Crippen LogP contribution in [0.4, 0.5) is 0 Å². The summed E-state index contributed by atoms with van der Waals surface area (Å²) in [5.74, 6) is 2.66. The van der Waals surface area contributed by atoms with Gasteiger partial charge in [-0.15, -0.1) is 0 Å². The first-order valence-electron chi connectivity index (χ1n) is 11.4. The lowest BCUT2D eigenvalue weighted by molar-refractivity contribution is 0.150. The summed E-state index contributed by atoms with van der Waals surface area (Å²) in [5.41, 5.74) is 0.687. The number of guanidine groups is 1. The van der Waals surface area contributed by atoms with E-state index in [2.05, 4.69) is 37.6 Å². The smallest absolute Gasteiger partial charge is 0.276 e. The number of nitrogens with one attached hydrogen (secondary N) is 2. The van der Waals surface area contributed by atoms with E-state index in [1.807, 2.05) is 18.2 Å². The molecule has 9 nitrogen and oxygen atoms in total. The van der Waals surface area contributed by atoms with Crippen LogP contribution >= 0.6 is 0 Å². The van der Waals surface area contributed by atoms with Gasteiger partial charge in [-0.3, -0.25) is 9.98 Å². The van der Waals surface area contributed by atoms with E-state index in [0.717, 1.165) is 51.6 Å². The zero-order chi connectivity index (χ0) is 21.3. The zero-order valence-corrected chi connectivity index (χ0v) is 18.3.